The maximum absolute atomic E-state index is 5.91. The van der Waals surface area contributed by atoms with Crippen molar-refractivity contribution in [2.75, 3.05) is 12.3 Å². The molecule has 0 bridgehead atoms. The summed E-state index contributed by atoms with van der Waals surface area (Å²) in [5.41, 5.74) is 8.38. The van der Waals surface area contributed by atoms with E-state index in [2.05, 4.69) is 24.1 Å². The highest BCUT2D eigenvalue weighted by Gasteiger charge is 2.21. The van der Waals surface area contributed by atoms with Crippen molar-refractivity contribution in [3.8, 4) is 0 Å². The van der Waals surface area contributed by atoms with Gasteiger partial charge in [0.25, 0.3) is 0 Å². The lowest BCUT2D eigenvalue weighted by molar-refractivity contribution is 0.508. The van der Waals surface area contributed by atoms with E-state index in [1.165, 1.54) is 24.0 Å². The molecule has 1 heterocycles. The van der Waals surface area contributed by atoms with Gasteiger partial charge in [-0.2, -0.15) is 0 Å². The second kappa shape index (κ2) is 4.83. The predicted octanol–water partition coefficient (Wildman–Crippen LogP) is 1.90. The summed E-state index contributed by atoms with van der Waals surface area (Å²) in [5.74, 6) is 1.31. The summed E-state index contributed by atoms with van der Waals surface area (Å²) in [6.07, 6.45) is 5.49. The Balaban J connectivity index is 1.91. The van der Waals surface area contributed by atoms with Gasteiger partial charge in [-0.25, -0.2) is 4.98 Å². The van der Waals surface area contributed by atoms with Gasteiger partial charge in [-0.15, -0.1) is 0 Å². The Bertz CT molecular complexity index is 338. The first kappa shape index (κ1) is 11.4. The quantitative estimate of drug-likeness (QED) is 0.795. The molecule has 0 saturated heterocycles. The summed E-state index contributed by atoms with van der Waals surface area (Å²) in [5, 5.41) is 3.55. The van der Waals surface area contributed by atoms with Crippen LogP contribution in [0.15, 0.2) is 12.3 Å². The van der Waals surface area contributed by atoms with Crippen LogP contribution in [-0.4, -0.2) is 17.6 Å². The van der Waals surface area contributed by atoms with Gasteiger partial charge in [0.2, 0.25) is 0 Å². The molecule has 1 atom stereocenters. The van der Waals surface area contributed by atoms with E-state index < -0.39 is 0 Å². The van der Waals surface area contributed by atoms with Crippen LogP contribution < -0.4 is 11.1 Å². The summed E-state index contributed by atoms with van der Waals surface area (Å²) in [7, 11) is 0. The number of hydrogen-bond acceptors (Lipinski definition) is 3. The van der Waals surface area contributed by atoms with Crippen LogP contribution >= 0.6 is 0 Å². The van der Waals surface area contributed by atoms with Crippen molar-refractivity contribution in [2.45, 2.75) is 39.2 Å². The molecule has 0 aromatic carbocycles. The average molecular weight is 219 g/mol. The fourth-order valence-electron chi connectivity index (χ4n) is 1.95. The molecule has 1 aliphatic carbocycles. The molecule has 2 rings (SSSR count). The predicted molar refractivity (Wildman–Crippen MR) is 67.3 cm³/mol. The third-order valence-electron chi connectivity index (χ3n) is 3.21. The summed E-state index contributed by atoms with van der Waals surface area (Å²) in [6, 6.07) is 2.82. The number of nitrogens with zero attached hydrogens (tertiary/aromatic N) is 1. The van der Waals surface area contributed by atoms with Crippen LogP contribution in [0.3, 0.4) is 0 Å². The third kappa shape index (κ3) is 2.95. The Kier molecular flexibility index (Phi) is 3.44. The lowest BCUT2D eigenvalue weighted by Crippen LogP contribution is -2.24. The van der Waals surface area contributed by atoms with Gasteiger partial charge in [-0.1, -0.05) is 6.92 Å². The molecule has 0 amide bonds. The van der Waals surface area contributed by atoms with Gasteiger partial charge in [0.15, 0.2) is 0 Å². The minimum atomic E-state index is 0.616. The standard InChI is InChI=1S/C13H21N3/c1-9(8-16-11-3-4-11)7-12-10(2)5-6-15-13(12)14/h5-6,9,11,16H,3-4,7-8H2,1-2H3,(H2,14,15). The second-order valence-corrected chi connectivity index (χ2v) is 4.98. The van der Waals surface area contributed by atoms with Crippen molar-refractivity contribution < 1.29 is 0 Å². The Labute approximate surface area is 97.5 Å². The van der Waals surface area contributed by atoms with Crippen LogP contribution in [0, 0.1) is 12.8 Å². The van der Waals surface area contributed by atoms with E-state index in [0.29, 0.717) is 11.7 Å². The van der Waals surface area contributed by atoms with Crippen molar-refractivity contribution in [1.29, 1.82) is 0 Å². The highest BCUT2D eigenvalue weighted by molar-refractivity contribution is 5.43. The first-order chi connectivity index (χ1) is 7.66. The summed E-state index contributed by atoms with van der Waals surface area (Å²) in [6.45, 7) is 5.45. The number of aryl methyl sites for hydroxylation is 1. The van der Waals surface area contributed by atoms with Crippen LogP contribution in [0.2, 0.25) is 0 Å². The van der Waals surface area contributed by atoms with Crippen LogP contribution in [0.4, 0.5) is 5.82 Å². The zero-order valence-corrected chi connectivity index (χ0v) is 10.2. The number of pyridine rings is 1. The number of hydrogen-bond donors (Lipinski definition) is 2. The highest BCUT2D eigenvalue weighted by Crippen LogP contribution is 2.21. The Morgan fingerprint density at radius 3 is 2.94 bits per heavy atom. The number of nitrogens with one attached hydrogen (secondary N) is 1. The van der Waals surface area contributed by atoms with Gasteiger partial charge in [0.05, 0.1) is 0 Å². The van der Waals surface area contributed by atoms with E-state index in [9.17, 15) is 0 Å². The van der Waals surface area contributed by atoms with Crippen molar-refractivity contribution in [2.24, 2.45) is 5.92 Å². The zero-order valence-electron chi connectivity index (χ0n) is 10.2. The molecular weight excluding hydrogens is 198 g/mol. The maximum atomic E-state index is 5.91. The second-order valence-electron chi connectivity index (χ2n) is 4.98. The molecule has 1 unspecified atom stereocenters. The molecule has 3 nitrogen and oxygen atoms in total. The van der Waals surface area contributed by atoms with Gasteiger partial charge in [-0.05, 0) is 55.8 Å². The van der Waals surface area contributed by atoms with E-state index >= 15 is 0 Å². The van der Waals surface area contributed by atoms with E-state index in [4.69, 9.17) is 5.73 Å². The minimum Gasteiger partial charge on any atom is -0.383 e. The maximum Gasteiger partial charge on any atom is 0.126 e. The Morgan fingerprint density at radius 2 is 2.31 bits per heavy atom. The molecule has 3 N–H and O–H groups in total. The molecular formula is C13H21N3. The van der Waals surface area contributed by atoms with Gasteiger partial charge in [0, 0.05) is 12.2 Å². The van der Waals surface area contributed by atoms with Gasteiger partial charge in [0.1, 0.15) is 5.82 Å². The van der Waals surface area contributed by atoms with Gasteiger partial charge >= 0.3 is 0 Å². The monoisotopic (exact) mass is 219 g/mol. The summed E-state index contributed by atoms with van der Waals surface area (Å²) < 4.78 is 0. The zero-order chi connectivity index (χ0) is 11.5. The van der Waals surface area contributed by atoms with Crippen LogP contribution in [0.5, 0.6) is 0 Å². The first-order valence-corrected chi connectivity index (χ1v) is 6.10. The Morgan fingerprint density at radius 1 is 1.56 bits per heavy atom. The molecule has 0 aliphatic heterocycles. The molecule has 3 heteroatoms. The molecule has 0 radical (unpaired) electrons. The number of nitrogens with two attached hydrogens (primary N) is 1. The minimum absolute atomic E-state index is 0.616. The Hall–Kier alpha value is -1.09. The molecule has 1 aliphatic rings. The lowest BCUT2D eigenvalue weighted by atomic mass is 9.98. The normalized spacial score (nSPS) is 17.4. The van der Waals surface area contributed by atoms with E-state index in [0.717, 1.165) is 19.0 Å². The van der Waals surface area contributed by atoms with E-state index in [1.54, 1.807) is 6.20 Å². The number of nitrogen functional groups attached to an aromatic ring is 1. The molecule has 1 aromatic heterocycles. The van der Waals surface area contributed by atoms with E-state index in [-0.39, 0.29) is 0 Å². The molecule has 88 valence electrons. The van der Waals surface area contributed by atoms with Crippen LogP contribution in [0.25, 0.3) is 0 Å². The SMILES string of the molecule is Cc1ccnc(N)c1CC(C)CNC1CC1. The average Bonchev–Trinajstić information content (AvgIpc) is 3.04. The summed E-state index contributed by atoms with van der Waals surface area (Å²) >= 11 is 0. The van der Waals surface area contributed by atoms with Crippen molar-refractivity contribution >= 4 is 5.82 Å². The number of aromatic nitrogens is 1. The van der Waals surface area contributed by atoms with E-state index in [1.807, 2.05) is 6.07 Å². The summed E-state index contributed by atoms with van der Waals surface area (Å²) in [4.78, 5) is 4.16. The topological polar surface area (TPSA) is 50.9 Å². The molecule has 0 spiro atoms. The van der Waals surface area contributed by atoms with Crippen LogP contribution in [-0.2, 0) is 6.42 Å². The fourth-order valence-corrected chi connectivity index (χ4v) is 1.95. The lowest BCUT2D eigenvalue weighted by Gasteiger charge is -2.15. The number of anilines is 1. The van der Waals surface area contributed by atoms with Crippen molar-refractivity contribution in [3.05, 3.63) is 23.4 Å². The molecule has 16 heavy (non-hydrogen) atoms. The third-order valence-corrected chi connectivity index (χ3v) is 3.21. The smallest absolute Gasteiger partial charge is 0.126 e. The fraction of sp³-hybridized carbons (Fsp3) is 0.615. The molecule has 1 fully saturated rings. The van der Waals surface area contributed by atoms with Gasteiger partial charge < -0.3 is 11.1 Å². The first-order valence-electron chi connectivity index (χ1n) is 6.10. The molecule has 1 aromatic rings. The molecule has 1 saturated carbocycles. The van der Waals surface area contributed by atoms with Crippen LogP contribution in [0.1, 0.15) is 30.9 Å². The van der Waals surface area contributed by atoms with Crippen molar-refractivity contribution in [3.63, 3.8) is 0 Å². The highest BCUT2D eigenvalue weighted by atomic mass is 14.9. The largest absolute Gasteiger partial charge is 0.383 e. The number of rotatable bonds is 5. The van der Waals surface area contributed by atoms with Gasteiger partial charge in [-0.3, -0.25) is 0 Å². The van der Waals surface area contributed by atoms with Crippen molar-refractivity contribution in [1.82, 2.24) is 10.3 Å².